The summed E-state index contributed by atoms with van der Waals surface area (Å²) in [5.74, 6) is -2.02. The average Bonchev–Trinajstić information content (AvgIpc) is 3.36. The molecule has 1 saturated heterocycles. The van der Waals surface area contributed by atoms with Gasteiger partial charge in [0.25, 0.3) is 11.6 Å². The molecule has 3 aromatic rings. The standard InChI is InChI=1S/C28H26ClN3O7/c1-38-20-12-10-17(11-13-20)16-30-26(33)24-15-22(28(35)39-2)25(18-6-5-7-19(14-18)32(36)37)31(24)27(34)21-8-3-4-9-23(21)29/h3-14,22,24-25H,15-16H2,1-2H3,(H,30,33). The van der Waals surface area contributed by atoms with Crippen LogP contribution in [0.3, 0.4) is 0 Å². The number of methoxy groups -OCH3 is 2. The Balaban J connectivity index is 1.75. The maximum atomic E-state index is 13.9. The molecular weight excluding hydrogens is 526 g/mol. The molecule has 1 heterocycles. The normalized spacial score (nSPS) is 18.3. The van der Waals surface area contributed by atoms with Crippen molar-refractivity contribution in [2.24, 2.45) is 5.92 Å². The van der Waals surface area contributed by atoms with Crippen molar-refractivity contribution < 1.29 is 28.8 Å². The smallest absolute Gasteiger partial charge is 0.311 e. The van der Waals surface area contributed by atoms with E-state index < -0.39 is 40.7 Å². The van der Waals surface area contributed by atoms with Crippen molar-refractivity contribution in [1.82, 2.24) is 10.2 Å². The van der Waals surface area contributed by atoms with Gasteiger partial charge in [-0.15, -0.1) is 0 Å². The number of benzene rings is 3. The van der Waals surface area contributed by atoms with Crippen molar-refractivity contribution in [3.63, 3.8) is 0 Å². The zero-order valence-electron chi connectivity index (χ0n) is 21.2. The van der Waals surface area contributed by atoms with E-state index in [-0.39, 0.29) is 29.2 Å². The van der Waals surface area contributed by atoms with Crippen LogP contribution in [0.1, 0.15) is 33.9 Å². The molecule has 1 aliphatic rings. The minimum Gasteiger partial charge on any atom is -0.497 e. The first kappa shape index (κ1) is 27.6. The number of hydrogen-bond acceptors (Lipinski definition) is 7. The molecule has 2 amide bonds. The lowest BCUT2D eigenvalue weighted by Crippen LogP contribution is -2.46. The van der Waals surface area contributed by atoms with Crippen molar-refractivity contribution in [2.75, 3.05) is 14.2 Å². The number of amides is 2. The number of nitrogens with one attached hydrogen (secondary N) is 1. The van der Waals surface area contributed by atoms with Gasteiger partial charge in [-0.25, -0.2) is 0 Å². The van der Waals surface area contributed by atoms with Crippen LogP contribution in [0.5, 0.6) is 5.75 Å². The molecule has 3 atom stereocenters. The second-order valence-electron chi connectivity index (χ2n) is 8.94. The van der Waals surface area contributed by atoms with E-state index in [1.165, 1.54) is 36.3 Å². The lowest BCUT2D eigenvalue weighted by atomic mass is 9.92. The third-order valence-corrected chi connectivity index (χ3v) is 7.02. The first-order valence-corrected chi connectivity index (χ1v) is 12.4. The van der Waals surface area contributed by atoms with Crippen LogP contribution in [0.4, 0.5) is 5.69 Å². The molecule has 1 fully saturated rings. The van der Waals surface area contributed by atoms with E-state index in [0.717, 1.165) is 5.56 Å². The molecule has 10 nitrogen and oxygen atoms in total. The van der Waals surface area contributed by atoms with Crippen LogP contribution in [0.25, 0.3) is 0 Å². The monoisotopic (exact) mass is 551 g/mol. The molecule has 0 aliphatic carbocycles. The summed E-state index contributed by atoms with van der Waals surface area (Å²) in [4.78, 5) is 52.7. The van der Waals surface area contributed by atoms with Gasteiger partial charge >= 0.3 is 5.97 Å². The van der Waals surface area contributed by atoms with E-state index in [4.69, 9.17) is 21.1 Å². The van der Waals surface area contributed by atoms with Gasteiger partial charge < -0.3 is 19.7 Å². The van der Waals surface area contributed by atoms with Gasteiger partial charge in [-0.1, -0.05) is 48.0 Å². The Morgan fingerprint density at radius 2 is 1.77 bits per heavy atom. The fourth-order valence-corrected chi connectivity index (χ4v) is 5.00. The summed E-state index contributed by atoms with van der Waals surface area (Å²) in [6.45, 7) is 0.165. The van der Waals surface area contributed by atoms with Crippen molar-refractivity contribution in [3.05, 3.63) is 105 Å². The highest BCUT2D eigenvalue weighted by Crippen LogP contribution is 2.44. The third-order valence-electron chi connectivity index (χ3n) is 6.69. The fourth-order valence-electron chi connectivity index (χ4n) is 4.79. The molecule has 1 N–H and O–H groups in total. The van der Waals surface area contributed by atoms with Crippen LogP contribution in [0.15, 0.2) is 72.8 Å². The van der Waals surface area contributed by atoms with Crippen LogP contribution >= 0.6 is 11.6 Å². The highest BCUT2D eigenvalue weighted by molar-refractivity contribution is 6.33. The Bertz CT molecular complexity index is 1400. The van der Waals surface area contributed by atoms with Gasteiger partial charge in [0.05, 0.1) is 41.7 Å². The molecule has 1 aliphatic heterocycles. The number of nitro groups is 1. The Morgan fingerprint density at radius 3 is 2.41 bits per heavy atom. The number of ether oxygens (including phenoxy) is 2. The number of hydrogen-bond donors (Lipinski definition) is 1. The van der Waals surface area contributed by atoms with E-state index in [1.807, 2.05) is 0 Å². The molecule has 3 aromatic carbocycles. The SMILES string of the molecule is COC(=O)C1CC(C(=O)NCc2ccc(OC)cc2)N(C(=O)c2ccccc2Cl)C1c1cccc([N+](=O)[O-])c1. The van der Waals surface area contributed by atoms with Crippen LogP contribution in [-0.2, 0) is 20.9 Å². The van der Waals surface area contributed by atoms with Crippen LogP contribution < -0.4 is 10.1 Å². The summed E-state index contributed by atoms with van der Waals surface area (Å²) in [5, 5.41) is 14.5. The van der Waals surface area contributed by atoms with Gasteiger partial charge in [0.15, 0.2) is 0 Å². The summed E-state index contributed by atoms with van der Waals surface area (Å²) >= 11 is 6.34. The molecule has 4 rings (SSSR count). The topological polar surface area (TPSA) is 128 Å². The van der Waals surface area contributed by atoms with Gasteiger partial charge in [0.1, 0.15) is 11.8 Å². The van der Waals surface area contributed by atoms with Crippen LogP contribution in [0, 0.1) is 16.0 Å². The van der Waals surface area contributed by atoms with Crippen molar-refractivity contribution in [2.45, 2.75) is 25.0 Å². The second kappa shape index (κ2) is 12.0. The zero-order chi connectivity index (χ0) is 28.1. The van der Waals surface area contributed by atoms with Crippen LogP contribution in [0.2, 0.25) is 5.02 Å². The Morgan fingerprint density at radius 1 is 1.05 bits per heavy atom. The lowest BCUT2D eigenvalue weighted by molar-refractivity contribution is -0.385. The number of carbonyl (C=O) groups excluding carboxylic acids is 3. The first-order chi connectivity index (χ1) is 18.7. The molecule has 0 aromatic heterocycles. The molecule has 202 valence electrons. The summed E-state index contributed by atoms with van der Waals surface area (Å²) in [6, 6.07) is 17.0. The maximum Gasteiger partial charge on any atom is 0.311 e. The van der Waals surface area contributed by atoms with Crippen molar-refractivity contribution in [1.29, 1.82) is 0 Å². The Hall–Kier alpha value is -4.44. The zero-order valence-corrected chi connectivity index (χ0v) is 22.0. The molecule has 0 saturated carbocycles. The maximum absolute atomic E-state index is 13.9. The Kier molecular flexibility index (Phi) is 8.46. The largest absolute Gasteiger partial charge is 0.497 e. The summed E-state index contributed by atoms with van der Waals surface area (Å²) < 4.78 is 10.2. The number of non-ortho nitro benzene ring substituents is 1. The summed E-state index contributed by atoms with van der Waals surface area (Å²) in [7, 11) is 2.76. The molecular formula is C28H26ClN3O7. The van der Waals surface area contributed by atoms with E-state index in [9.17, 15) is 24.5 Å². The van der Waals surface area contributed by atoms with E-state index in [0.29, 0.717) is 11.3 Å². The molecule has 0 radical (unpaired) electrons. The minimum absolute atomic E-state index is 0.0509. The molecule has 11 heteroatoms. The van der Waals surface area contributed by atoms with Gasteiger partial charge in [-0.3, -0.25) is 24.5 Å². The molecule has 3 unspecified atom stereocenters. The summed E-state index contributed by atoms with van der Waals surface area (Å²) in [6.07, 6.45) is -0.0509. The van der Waals surface area contributed by atoms with Crippen molar-refractivity contribution in [3.8, 4) is 5.75 Å². The van der Waals surface area contributed by atoms with Crippen LogP contribution in [-0.4, -0.2) is 47.9 Å². The lowest BCUT2D eigenvalue weighted by Gasteiger charge is -2.31. The number of esters is 1. The number of nitrogens with zero attached hydrogens (tertiary/aromatic N) is 2. The van der Waals surface area contributed by atoms with E-state index >= 15 is 0 Å². The highest BCUT2D eigenvalue weighted by Gasteiger charge is 2.51. The second-order valence-corrected chi connectivity index (χ2v) is 9.34. The fraction of sp³-hybridized carbons (Fsp3) is 0.250. The van der Waals surface area contributed by atoms with Gasteiger partial charge in [-0.05, 0) is 41.8 Å². The highest BCUT2D eigenvalue weighted by atomic mass is 35.5. The number of halogens is 1. The first-order valence-electron chi connectivity index (χ1n) is 12.0. The molecule has 0 bridgehead atoms. The predicted molar refractivity (Wildman–Crippen MR) is 142 cm³/mol. The van der Waals surface area contributed by atoms with E-state index in [2.05, 4.69) is 5.32 Å². The number of likely N-dealkylation sites (tertiary alicyclic amines) is 1. The minimum atomic E-state index is -1.08. The number of rotatable bonds is 8. The quantitative estimate of drug-likeness (QED) is 0.251. The number of carbonyl (C=O) groups is 3. The average molecular weight is 552 g/mol. The van der Waals surface area contributed by atoms with Crippen molar-refractivity contribution >= 4 is 35.1 Å². The van der Waals surface area contributed by atoms with Gasteiger partial charge in [0, 0.05) is 18.7 Å². The molecule has 39 heavy (non-hydrogen) atoms. The van der Waals surface area contributed by atoms with Gasteiger partial charge in [0.2, 0.25) is 5.91 Å². The summed E-state index contributed by atoms with van der Waals surface area (Å²) in [5.41, 5.74) is 1.04. The predicted octanol–water partition coefficient (Wildman–Crippen LogP) is 4.32. The molecule has 0 spiro atoms. The van der Waals surface area contributed by atoms with E-state index in [1.54, 1.807) is 55.6 Å². The Labute approximate surface area is 229 Å². The number of nitro benzene ring substituents is 1. The van der Waals surface area contributed by atoms with Gasteiger partial charge in [-0.2, -0.15) is 0 Å². The third kappa shape index (κ3) is 5.85.